The first kappa shape index (κ1) is 13.6. The summed E-state index contributed by atoms with van der Waals surface area (Å²) in [5, 5.41) is 10.0. The van der Waals surface area contributed by atoms with Crippen molar-refractivity contribution in [1.82, 2.24) is 0 Å². The van der Waals surface area contributed by atoms with E-state index in [0.717, 1.165) is 4.90 Å². The molecule has 1 aromatic heterocycles. The Kier molecular flexibility index (Phi) is 3.58. The minimum absolute atomic E-state index is 0.229. The predicted octanol–water partition coefficient (Wildman–Crippen LogP) is 4.01. The van der Waals surface area contributed by atoms with Gasteiger partial charge in [0.05, 0.1) is 5.75 Å². The van der Waals surface area contributed by atoms with Crippen LogP contribution in [0.5, 0.6) is 0 Å². The molecule has 106 valence electrons. The van der Waals surface area contributed by atoms with Crippen molar-refractivity contribution >= 4 is 34.4 Å². The lowest BCUT2D eigenvalue weighted by Crippen LogP contribution is -1.98. The van der Waals surface area contributed by atoms with Gasteiger partial charge in [-0.25, -0.2) is 4.79 Å². The lowest BCUT2D eigenvalue weighted by Gasteiger charge is -2.03. The van der Waals surface area contributed by atoms with Crippen LogP contribution in [0.4, 0.5) is 5.69 Å². The zero-order valence-electron chi connectivity index (χ0n) is 11.1. The van der Waals surface area contributed by atoms with Gasteiger partial charge in [-0.3, -0.25) is 0 Å². The second-order valence-electron chi connectivity index (χ2n) is 4.53. The molecule has 5 heteroatoms. The molecule has 0 spiro atoms. The Balaban J connectivity index is 1.95. The maximum absolute atomic E-state index is 11.5. The van der Waals surface area contributed by atoms with E-state index in [-0.39, 0.29) is 5.56 Å². The number of furan rings is 1. The number of carboxylic acids is 1. The molecule has 0 bridgehead atoms. The summed E-state index contributed by atoms with van der Waals surface area (Å²) in [6.45, 7) is 0. The maximum atomic E-state index is 11.5. The Labute approximate surface area is 125 Å². The van der Waals surface area contributed by atoms with Crippen molar-refractivity contribution in [1.29, 1.82) is 0 Å². The molecule has 0 radical (unpaired) electrons. The number of nitrogens with two attached hydrogens (primary N) is 1. The van der Waals surface area contributed by atoms with E-state index < -0.39 is 5.97 Å². The topological polar surface area (TPSA) is 76.5 Å². The summed E-state index contributed by atoms with van der Waals surface area (Å²) in [6, 6.07) is 14.6. The van der Waals surface area contributed by atoms with Crippen LogP contribution in [0.15, 0.2) is 57.8 Å². The summed E-state index contributed by atoms with van der Waals surface area (Å²) in [4.78, 5) is 12.4. The van der Waals surface area contributed by atoms with Crippen molar-refractivity contribution in [2.75, 3.05) is 5.73 Å². The van der Waals surface area contributed by atoms with Crippen molar-refractivity contribution in [3.05, 3.63) is 59.9 Å². The number of thioether (sulfide) groups is 1. The molecule has 3 aromatic rings. The standard InChI is InChI=1S/C16H13NO3S/c17-11-6-2-4-8-14(11)21-9-13-15(16(18)19)10-5-1-3-7-12(10)20-13/h1-8H,9,17H2,(H,18,19). The fourth-order valence-electron chi connectivity index (χ4n) is 2.19. The number of carbonyl (C=O) groups is 1. The molecule has 0 atom stereocenters. The number of rotatable bonds is 4. The number of anilines is 1. The van der Waals surface area contributed by atoms with Gasteiger partial charge in [-0.1, -0.05) is 30.3 Å². The van der Waals surface area contributed by atoms with E-state index >= 15 is 0 Å². The van der Waals surface area contributed by atoms with Gasteiger partial charge in [-0.2, -0.15) is 0 Å². The average Bonchev–Trinajstić information content (AvgIpc) is 2.85. The van der Waals surface area contributed by atoms with Crippen molar-refractivity contribution in [3.8, 4) is 0 Å². The van der Waals surface area contributed by atoms with Crippen LogP contribution in [-0.4, -0.2) is 11.1 Å². The van der Waals surface area contributed by atoms with Gasteiger partial charge in [-0.15, -0.1) is 11.8 Å². The zero-order valence-corrected chi connectivity index (χ0v) is 11.9. The molecule has 0 fully saturated rings. The third kappa shape index (κ3) is 2.60. The summed E-state index contributed by atoms with van der Waals surface area (Å²) >= 11 is 1.46. The molecule has 21 heavy (non-hydrogen) atoms. The SMILES string of the molecule is Nc1ccccc1SCc1oc2ccccc2c1C(=O)O. The molecular weight excluding hydrogens is 286 g/mol. The van der Waals surface area contributed by atoms with Crippen LogP contribution < -0.4 is 5.73 Å². The van der Waals surface area contributed by atoms with Gasteiger partial charge in [0.2, 0.25) is 0 Å². The van der Waals surface area contributed by atoms with E-state index in [4.69, 9.17) is 10.2 Å². The second-order valence-corrected chi connectivity index (χ2v) is 5.55. The lowest BCUT2D eigenvalue weighted by atomic mass is 10.1. The normalized spacial score (nSPS) is 10.9. The van der Waals surface area contributed by atoms with Gasteiger partial charge in [0.25, 0.3) is 0 Å². The molecule has 0 amide bonds. The first-order chi connectivity index (χ1) is 10.2. The van der Waals surface area contributed by atoms with Gasteiger partial charge in [-0.05, 0) is 18.2 Å². The summed E-state index contributed by atoms with van der Waals surface area (Å²) in [7, 11) is 0. The molecule has 2 aromatic carbocycles. The average molecular weight is 299 g/mol. The van der Waals surface area contributed by atoms with Crippen LogP contribution in [-0.2, 0) is 5.75 Å². The van der Waals surface area contributed by atoms with Crippen LogP contribution in [0.3, 0.4) is 0 Å². The van der Waals surface area contributed by atoms with Gasteiger partial charge in [0, 0.05) is 16.0 Å². The van der Waals surface area contributed by atoms with Crippen LogP contribution in [0, 0.1) is 0 Å². The van der Waals surface area contributed by atoms with Crippen molar-refractivity contribution in [2.24, 2.45) is 0 Å². The highest BCUT2D eigenvalue weighted by Crippen LogP contribution is 2.33. The lowest BCUT2D eigenvalue weighted by molar-refractivity contribution is 0.0697. The van der Waals surface area contributed by atoms with Crippen molar-refractivity contribution in [2.45, 2.75) is 10.6 Å². The van der Waals surface area contributed by atoms with Crippen LogP contribution >= 0.6 is 11.8 Å². The van der Waals surface area contributed by atoms with Crippen LogP contribution in [0.1, 0.15) is 16.1 Å². The molecular formula is C16H13NO3S. The largest absolute Gasteiger partial charge is 0.478 e. The quantitative estimate of drug-likeness (QED) is 0.562. The molecule has 0 unspecified atom stereocenters. The third-order valence-corrected chi connectivity index (χ3v) is 4.25. The fraction of sp³-hybridized carbons (Fsp3) is 0.0625. The van der Waals surface area contributed by atoms with Crippen LogP contribution in [0.2, 0.25) is 0 Å². The Bertz CT molecular complexity index is 810. The number of fused-ring (bicyclic) bond motifs is 1. The minimum Gasteiger partial charge on any atom is -0.478 e. The van der Waals surface area contributed by atoms with Crippen LogP contribution in [0.25, 0.3) is 11.0 Å². The summed E-state index contributed by atoms with van der Waals surface area (Å²) in [5.41, 5.74) is 7.38. The Morgan fingerprint density at radius 2 is 1.86 bits per heavy atom. The highest BCUT2D eigenvalue weighted by molar-refractivity contribution is 7.98. The van der Waals surface area contributed by atoms with E-state index in [1.54, 1.807) is 18.2 Å². The van der Waals surface area contributed by atoms with E-state index in [0.29, 0.717) is 28.2 Å². The molecule has 0 aliphatic heterocycles. The predicted molar refractivity (Wildman–Crippen MR) is 83.6 cm³/mol. The molecule has 4 nitrogen and oxygen atoms in total. The molecule has 3 rings (SSSR count). The fourth-order valence-corrected chi connectivity index (χ4v) is 3.09. The van der Waals surface area contributed by atoms with E-state index in [9.17, 15) is 9.90 Å². The number of benzene rings is 2. The number of hydrogen-bond acceptors (Lipinski definition) is 4. The number of nitrogen functional groups attached to an aromatic ring is 1. The first-order valence-corrected chi connectivity index (χ1v) is 7.36. The molecule has 0 saturated heterocycles. The minimum atomic E-state index is -0.975. The van der Waals surface area contributed by atoms with E-state index in [1.807, 2.05) is 30.3 Å². The Morgan fingerprint density at radius 1 is 1.14 bits per heavy atom. The first-order valence-electron chi connectivity index (χ1n) is 6.38. The van der Waals surface area contributed by atoms with Crippen molar-refractivity contribution in [3.63, 3.8) is 0 Å². The van der Waals surface area contributed by atoms with Gasteiger partial charge in [0.1, 0.15) is 16.9 Å². The number of para-hydroxylation sites is 2. The molecule has 0 aliphatic carbocycles. The molecule has 0 saturated carbocycles. The summed E-state index contributed by atoms with van der Waals surface area (Å²) in [5.74, 6) is -0.0987. The Hall–Kier alpha value is -2.40. The summed E-state index contributed by atoms with van der Waals surface area (Å²) < 4.78 is 5.68. The number of carboxylic acid groups (broad SMARTS) is 1. The maximum Gasteiger partial charge on any atom is 0.339 e. The Morgan fingerprint density at radius 3 is 2.62 bits per heavy atom. The number of aromatic carboxylic acids is 1. The molecule has 3 N–H and O–H groups in total. The second kappa shape index (κ2) is 5.54. The van der Waals surface area contributed by atoms with E-state index in [1.165, 1.54) is 11.8 Å². The van der Waals surface area contributed by atoms with Gasteiger partial charge in [0.15, 0.2) is 0 Å². The van der Waals surface area contributed by atoms with Gasteiger partial charge < -0.3 is 15.3 Å². The van der Waals surface area contributed by atoms with Crippen molar-refractivity contribution < 1.29 is 14.3 Å². The molecule has 1 heterocycles. The third-order valence-electron chi connectivity index (χ3n) is 3.16. The zero-order chi connectivity index (χ0) is 14.8. The van der Waals surface area contributed by atoms with E-state index in [2.05, 4.69) is 0 Å². The highest BCUT2D eigenvalue weighted by Gasteiger charge is 2.20. The smallest absolute Gasteiger partial charge is 0.339 e. The molecule has 0 aliphatic rings. The van der Waals surface area contributed by atoms with Gasteiger partial charge >= 0.3 is 5.97 Å². The highest BCUT2D eigenvalue weighted by atomic mass is 32.2. The summed E-state index contributed by atoms with van der Waals surface area (Å²) in [6.07, 6.45) is 0. The number of hydrogen-bond donors (Lipinski definition) is 2. The monoisotopic (exact) mass is 299 g/mol.